The summed E-state index contributed by atoms with van der Waals surface area (Å²) in [7, 11) is 3.57. The second-order valence-electron chi connectivity index (χ2n) is 6.47. The third kappa shape index (κ3) is 5.25. The number of benzene rings is 1. The molecule has 1 aliphatic rings. The molecule has 3 rings (SSSR count). The van der Waals surface area contributed by atoms with Gasteiger partial charge in [-0.3, -0.25) is 14.5 Å². The molecule has 7 nitrogen and oxygen atoms in total. The standard InChI is InChI=1S/C19H25FN6OS/c1-21-19(22-8-3-11-28-17-6-4-15(20)5-7-17)25-9-10-26(18(27)14-25)16-12-23-24(2)13-16/h4-7,12-13H,3,8-11,14H2,1-2H3,(H,21,22). The van der Waals surface area contributed by atoms with Crippen molar-refractivity contribution in [2.45, 2.75) is 11.3 Å². The molecule has 1 N–H and O–H groups in total. The van der Waals surface area contributed by atoms with Crippen LogP contribution in [0.4, 0.5) is 10.1 Å². The lowest BCUT2D eigenvalue weighted by Crippen LogP contribution is -2.55. The van der Waals surface area contributed by atoms with E-state index in [0.717, 1.165) is 35.3 Å². The number of hydrogen-bond donors (Lipinski definition) is 1. The molecule has 1 amide bonds. The Labute approximate surface area is 168 Å². The maximum atomic E-state index is 12.9. The molecule has 0 bridgehead atoms. The van der Waals surface area contributed by atoms with Gasteiger partial charge in [-0.1, -0.05) is 0 Å². The van der Waals surface area contributed by atoms with E-state index in [9.17, 15) is 9.18 Å². The Morgan fingerprint density at radius 3 is 2.75 bits per heavy atom. The van der Waals surface area contributed by atoms with E-state index < -0.39 is 0 Å². The van der Waals surface area contributed by atoms with E-state index >= 15 is 0 Å². The Kier molecular flexibility index (Phi) is 6.91. The Balaban J connectivity index is 1.41. The summed E-state index contributed by atoms with van der Waals surface area (Å²) in [6.45, 7) is 2.37. The second-order valence-corrected chi connectivity index (χ2v) is 7.64. The third-order valence-corrected chi connectivity index (χ3v) is 5.52. The maximum Gasteiger partial charge on any atom is 0.246 e. The summed E-state index contributed by atoms with van der Waals surface area (Å²) in [4.78, 5) is 21.6. The van der Waals surface area contributed by atoms with Crippen LogP contribution in [0.5, 0.6) is 0 Å². The molecule has 0 spiro atoms. The minimum atomic E-state index is -0.215. The van der Waals surface area contributed by atoms with Crippen LogP contribution in [0.2, 0.25) is 0 Å². The molecule has 150 valence electrons. The average Bonchev–Trinajstić information content (AvgIpc) is 3.12. The summed E-state index contributed by atoms with van der Waals surface area (Å²) in [6.07, 6.45) is 4.49. The number of halogens is 1. The van der Waals surface area contributed by atoms with E-state index in [0.29, 0.717) is 19.6 Å². The van der Waals surface area contributed by atoms with E-state index in [2.05, 4.69) is 15.4 Å². The number of aromatic nitrogens is 2. The van der Waals surface area contributed by atoms with Gasteiger partial charge in [0.25, 0.3) is 0 Å². The van der Waals surface area contributed by atoms with Gasteiger partial charge in [-0.05, 0) is 36.4 Å². The van der Waals surface area contributed by atoms with Crippen molar-refractivity contribution in [2.75, 3.05) is 43.9 Å². The highest BCUT2D eigenvalue weighted by molar-refractivity contribution is 7.99. The highest BCUT2D eigenvalue weighted by atomic mass is 32.2. The van der Waals surface area contributed by atoms with Gasteiger partial charge in [0.2, 0.25) is 5.91 Å². The molecule has 9 heteroatoms. The van der Waals surface area contributed by atoms with Crippen LogP contribution in [-0.2, 0) is 11.8 Å². The molecule has 1 aromatic carbocycles. The number of carbonyl (C=O) groups excluding carboxylic acids is 1. The van der Waals surface area contributed by atoms with Crippen LogP contribution < -0.4 is 10.2 Å². The van der Waals surface area contributed by atoms with Crippen LogP contribution in [0.3, 0.4) is 0 Å². The first-order valence-corrected chi connectivity index (χ1v) is 10.2. The summed E-state index contributed by atoms with van der Waals surface area (Å²) < 4.78 is 14.6. The summed E-state index contributed by atoms with van der Waals surface area (Å²) in [5.41, 5.74) is 0.827. The Morgan fingerprint density at radius 2 is 2.11 bits per heavy atom. The van der Waals surface area contributed by atoms with Gasteiger partial charge in [-0.25, -0.2) is 4.39 Å². The van der Waals surface area contributed by atoms with Crippen LogP contribution in [0, 0.1) is 5.82 Å². The smallest absolute Gasteiger partial charge is 0.246 e. The van der Waals surface area contributed by atoms with Gasteiger partial charge in [-0.2, -0.15) is 5.10 Å². The number of aliphatic imine (C=N–C) groups is 1. The molecular weight excluding hydrogens is 379 g/mol. The molecule has 1 fully saturated rings. The number of nitrogens with zero attached hydrogens (tertiary/aromatic N) is 5. The third-order valence-electron chi connectivity index (χ3n) is 4.42. The predicted octanol–water partition coefficient (Wildman–Crippen LogP) is 1.97. The number of aryl methyl sites for hydroxylation is 1. The van der Waals surface area contributed by atoms with Gasteiger partial charge >= 0.3 is 0 Å². The van der Waals surface area contributed by atoms with Crippen LogP contribution in [0.15, 0.2) is 46.5 Å². The van der Waals surface area contributed by atoms with E-state index in [4.69, 9.17) is 0 Å². The van der Waals surface area contributed by atoms with Crippen molar-refractivity contribution < 1.29 is 9.18 Å². The monoisotopic (exact) mass is 404 g/mol. The SMILES string of the molecule is CN=C(NCCCSc1ccc(F)cc1)N1CCN(c2cnn(C)c2)C(=O)C1. The first-order chi connectivity index (χ1) is 13.6. The van der Waals surface area contributed by atoms with Crippen molar-refractivity contribution in [3.63, 3.8) is 0 Å². The number of amides is 1. The second kappa shape index (κ2) is 9.59. The minimum Gasteiger partial charge on any atom is -0.356 e. The van der Waals surface area contributed by atoms with E-state index in [1.165, 1.54) is 12.1 Å². The molecule has 0 radical (unpaired) electrons. The highest BCUT2D eigenvalue weighted by Gasteiger charge is 2.27. The lowest BCUT2D eigenvalue weighted by molar-refractivity contribution is -0.120. The van der Waals surface area contributed by atoms with Gasteiger partial charge in [0.1, 0.15) is 12.4 Å². The largest absolute Gasteiger partial charge is 0.356 e. The average molecular weight is 405 g/mol. The zero-order valence-electron chi connectivity index (χ0n) is 16.1. The topological polar surface area (TPSA) is 65.8 Å². The summed E-state index contributed by atoms with van der Waals surface area (Å²) in [5.74, 6) is 1.48. The molecule has 0 unspecified atom stereocenters. The molecule has 0 aliphatic carbocycles. The Hall–Kier alpha value is -2.55. The molecule has 1 saturated heterocycles. The predicted molar refractivity (Wildman–Crippen MR) is 110 cm³/mol. The van der Waals surface area contributed by atoms with Gasteiger partial charge in [0.05, 0.1) is 11.9 Å². The Bertz CT molecular complexity index is 822. The van der Waals surface area contributed by atoms with Crippen LogP contribution in [-0.4, -0.2) is 65.5 Å². The van der Waals surface area contributed by atoms with E-state index in [1.807, 2.05) is 18.1 Å². The number of rotatable bonds is 6. The van der Waals surface area contributed by atoms with Crippen LogP contribution in [0.1, 0.15) is 6.42 Å². The first kappa shape index (κ1) is 20.2. The molecule has 1 aliphatic heterocycles. The van der Waals surface area contributed by atoms with Crippen molar-refractivity contribution in [3.05, 3.63) is 42.5 Å². The molecular formula is C19H25FN6OS. The number of nitrogens with one attached hydrogen (secondary N) is 1. The van der Waals surface area contributed by atoms with Crippen molar-refractivity contribution in [3.8, 4) is 0 Å². The van der Waals surface area contributed by atoms with Crippen molar-refractivity contribution >= 4 is 29.3 Å². The quantitative estimate of drug-likeness (QED) is 0.345. The molecule has 2 aromatic rings. The molecule has 28 heavy (non-hydrogen) atoms. The number of thioether (sulfide) groups is 1. The molecule has 2 heterocycles. The summed E-state index contributed by atoms with van der Waals surface area (Å²) in [5, 5.41) is 7.46. The van der Waals surface area contributed by atoms with Crippen molar-refractivity contribution in [1.82, 2.24) is 20.0 Å². The fraction of sp³-hybridized carbons (Fsp3) is 0.421. The fourth-order valence-corrected chi connectivity index (χ4v) is 3.85. The zero-order valence-corrected chi connectivity index (χ0v) is 17.0. The fourth-order valence-electron chi connectivity index (χ4n) is 3.00. The number of carbonyl (C=O) groups is 1. The Morgan fingerprint density at radius 1 is 1.32 bits per heavy atom. The molecule has 0 saturated carbocycles. The van der Waals surface area contributed by atoms with Gasteiger partial charge in [0, 0.05) is 44.8 Å². The molecule has 0 atom stereocenters. The minimum absolute atomic E-state index is 0.0362. The molecule has 1 aromatic heterocycles. The van der Waals surface area contributed by atoms with Gasteiger partial charge in [0.15, 0.2) is 5.96 Å². The normalized spacial score (nSPS) is 15.2. The van der Waals surface area contributed by atoms with Gasteiger partial charge in [-0.15, -0.1) is 11.8 Å². The van der Waals surface area contributed by atoms with Crippen LogP contribution in [0.25, 0.3) is 0 Å². The van der Waals surface area contributed by atoms with Crippen LogP contribution >= 0.6 is 11.8 Å². The maximum absolute atomic E-state index is 12.9. The summed E-state index contributed by atoms with van der Waals surface area (Å²) in [6, 6.07) is 6.54. The van der Waals surface area contributed by atoms with Crippen molar-refractivity contribution in [1.29, 1.82) is 0 Å². The first-order valence-electron chi connectivity index (χ1n) is 9.20. The number of guanidine groups is 1. The highest BCUT2D eigenvalue weighted by Crippen LogP contribution is 2.19. The number of anilines is 1. The van der Waals surface area contributed by atoms with Crippen molar-refractivity contribution in [2.24, 2.45) is 12.0 Å². The van der Waals surface area contributed by atoms with Gasteiger partial charge < -0.3 is 15.1 Å². The number of hydrogen-bond acceptors (Lipinski definition) is 4. The zero-order chi connectivity index (χ0) is 19.9. The lowest BCUT2D eigenvalue weighted by Gasteiger charge is -2.35. The summed E-state index contributed by atoms with van der Waals surface area (Å²) >= 11 is 1.70. The lowest BCUT2D eigenvalue weighted by atomic mass is 10.3. The van der Waals surface area contributed by atoms with E-state index in [-0.39, 0.29) is 11.7 Å². The van der Waals surface area contributed by atoms with E-state index in [1.54, 1.807) is 46.7 Å². The number of piperazine rings is 1.